The molecule has 0 spiro atoms. The molecule has 0 aromatic heterocycles. The Morgan fingerprint density at radius 3 is 2.50 bits per heavy atom. The van der Waals surface area contributed by atoms with Gasteiger partial charge in [-0.2, -0.15) is 0 Å². The molecule has 0 fully saturated rings. The van der Waals surface area contributed by atoms with Crippen LogP contribution < -0.4 is 0 Å². The van der Waals surface area contributed by atoms with Crippen molar-refractivity contribution >= 4 is 16.5 Å². The van der Waals surface area contributed by atoms with Crippen LogP contribution >= 0.6 is 16.5 Å². The fourth-order valence-electron chi connectivity index (χ4n) is 0.354. The van der Waals surface area contributed by atoms with Crippen molar-refractivity contribution in [3.8, 4) is 0 Å². The molecule has 0 N–H and O–H groups in total. The number of rotatable bonds is 3. The van der Waals surface area contributed by atoms with Gasteiger partial charge in [-0.3, -0.25) is 0 Å². The van der Waals surface area contributed by atoms with Crippen molar-refractivity contribution in [1.82, 2.24) is 0 Å². The van der Waals surface area contributed by atoms with Crippen molar-refractivity contribution in [2.45, 2.75) is 13.3 Å². The molecule has 0 aliphatic rings. The van der Waals surface area contributed by atoms with Crippen LogP contribution in [0.1, 0.15) is 13.3 Å². The summed E-state index contributed by atoms with van der Waals surface area (Å²) < 4.78 is 0. The van der Waals surface area contributed by atoms with E-state index < -0.39 is 0 Å². The molecule has 0 rings (SSSR count). The maximum atomic E-state index is 2.38. The summed E-state index contributed by atoms with van der Waals surface area (Å²) in [6, 6.07) is 0. The van der Waals surface area contributed by atoms with Crippen LogP contribution in [-0.4, -0.2) is 12.8 Å². The molecule has 0 nitrogen and oxygen atoms in total. The molecule has 0 bridgehead atoms. The molecule has 40 valence electrons. The van der Waals surface area contributed by atoms with Gasteiger partial charge in [-0.1, -0.05) is 0 Å². The van der Waals surface area contributed by atoms with Gasteiger partial charge in [0, 0.05) is 0 Å². The Bertz CT molecular complexity index is 17.5. The third-order valence-electron chi connectivity index (χ3n) is 0.677. The average Bonchev–Trinajstić information content (AvgIpc) is 1.61. The first-order chi connectivity index (χ1) is 2.91. The van der Waals surface area contributed by atoms with Crippen LogP contribution in [-0.2, 0) is 0 Å². The zero-order valence-electron chi connectivity index (χ0n) is 4.62. The molecule has 0 aliphatic carbocycles. The summed E-state index contributed by atoms with van der Waals surface area (Å²) in [5.41, 5.74) is 0. The van der Waals surface area contributed by atoms with E-state index in [9.17, 15) is 0 Å². The zero-order chi connectivity index (χ0) is 4.83. The van der Waals surface area contributed by atoms with Gasteiger partial charge in [-0.25, -0.2) is 0 Å². The van der Waals surface area contributed by atoms with E-state index in [1.54, 1.807) is 0 Å². The van der Waals surface area contributed by atoms with Crippen molar-refractivity contribution in [2.24, 2.45) is 0 Å². The molecule has 0 aromatic rings. The van der Waals surface area contributed by atoms with E-state index in [-0.39, 0.29) is 0 Å². The van der Waals surface area contributed by atoms with E-state index in [1.807, 2.05) is 0 Å². The second kappa shape index (κ2) is 5.86. The van der Waals surface area contributed by atoms with Gasteiger partial charge in [-0.05, 0) is 0 Å². The average molecular weight is 124 g/mol. The standard InChI is InChI=1S/C4H14P2/c1-3-4-6-5-2/h6H,3-4H2,1-2,5H3. The third kappa shape index (κ3) is 4.86. The topological polar surface area (TPSA) is 0 Å². The summed E-state index contributed by atoms with van der Waals surface area (Å²) in [7, 11) is 1.78. The Morgan fingerprint density at radius 2 is 2.33 bits per heavy atom. The summed E-state index contributed by atoms with van der Waals surface area (Å²) >= 11 is 0. The predicted molar refractivity (Wildman–Crippen MR) is 40.5 cm³/mol. The molecule has 0 aromatic carbocycles. The van der Waals surface area contributed by atoms with Crippen LogP contribution in [0.25, 0.3) is 0 Å². The SMILES string of the molecule is CCCP[PH3]C. The molecule has 1 atom stereocenters. The fraction of sp³-hybridized carbons (Fsp3) is 1.00. The Morgan fingerprint density at radius 1 is 1.67 bits per heavy atom. The van der Waals surface area contributed by atoms with Gasteiger partial charge in [0.05, 0.1) is 0 Å². The molecule has 0 aliphatic heterocycles. The van der Waals surface area contributed by atoms with Gasteiger partial charge >= 0.3 is 42.7 Å². The summed E-state index contributed by atoms with van der Waals surface area (Å²) in [6.45, 7) is 4.64. The van der Waals surface area contributed by atoms with Crippen LogP contribution in [0.5, 0.6) is 0 Å². The van der Waals surface area contributed by atoms with Crippen molar-refractivity contribution in [2.75, 3.05) is 12.8 Å². The van der Waals surface area contributed by atoms with E-state index in [0.29, 0.717) is 8.27 Å². The van der Waals surface area contributed by atoms with Crippen molar-refractivity contribution in [3.63, 3.8) is 0 Å². The van der Waals surface area contributed by atoms with Crippen molar-refractivity contribution in [3.05, 3.63) is 0 Å². The van der Waals surface area contributed by atoms with Crippen LogP contribution in [0.3, 0.4) is 0 Å². The molecular weight excluding hydrogens is 110 g/mol. The minimum absolute atomic E-state index is 0.431. The Balaban J connectivity index is 2.34. The molecule has 0 radical (unpaired) electrons. The van der Waals surface area contributed by atoms with Crippen LogP contribution in [0.15, 0.2) is 0 Å². The first-order valence-corrected chi connectivity index (χ1v) is 7.57. The second-order valence-electron chi connectivity index (χ2n) is 1.35. The molecule has 2 heteroatoms. The number of hydrogen-bond donors (Lipinski definition) is 0. The van der Waals surface area contributed by atoms with Gasteiger partial charge in [-0.15, -0.1) is 0 Å². The molecular formula is C4H14P2. The summed E-state index contributed by atoms with van der Waals surface area (Å²) in [5.74, 6) is 0. The van der Waals surface area contributed by atoms with Gasteiger partial charge in [0.25, 0.3) is 0 Å². The Labute approximate surface area is 43.6 Å². The van der Waals surface area contributed by atoms with E-state index >= 15 is 0 Å². The molecule has 1 unspecified atom stereocenters. The maximum absolute atomic E-state index is 2.38. The molecule has 6 heavy (non-hydrogen) atoms. The summed E-state index contributed by atoms with van der Waals surface area (Å²) in [5, 5.41) is 0. The van der Waals surface area contributed by atoms with E-state index in [2.05, 4.69) is 13.6 Å². The predicted octanol–water partition coefficient (Wildman–Crippen LogP) is 1.76. The first-order valence-electron chi connectivity index (χ1n) is 2.62. The van der Waals surface area contributed by atoms with Crippen molar-refractivity contribution in [1.29, 1.82) is 0 Å². The van der Waals surface area contributed by atoms with Gasteiger partial charge < -0.3 is 0 Å². The second-order valence-corrected chi connectivity index (χ2v) is 6.68. The Hall–Kier alpha value is 0.860. The summed E-state index contributed by atoms with van der Waals surface area (Å²) in [6.07, 6.45) is 2.90. The van der Waals surface area contributed by atoms with Crippen LogP contribution in [0.4, 0.5) is 0 Å². The first kappa shape index (κ1) is 6.86. The quantitative estimate of drug-likeness (QED) is 0.397. The molecule has 0 saturated carbocycles. The van der Waals surface area contributed by atoms with Crippen LogP contribution in [0.2, 0.25) is 0 Å². The van der Waals surface area contributed by atoms with Crippen molar-refractivity contribution < 1.29 is 0 Å². The van der Waals surface area contributed by atoms with E-state index in [1.165, 1.54) is 20.9 Å². The monoisotopic (exact) mass is 124 g/mol. The normalized spacial score (nSPS) is 11.7. The number of hydrogen-bond acceptors (Lipinski definition) is 0. The summed E-state index contributed by atoms with van der Waals surface area (Å²) in [4.78, 5) is 0. The third-order valence-corrected chi connectivity index (χ3v) is 4.59. The minimum atomic E-state index is 0.431. The molecule has 0 heterocycles. The Kier molecular flexibility index (Phi) is 6.70. The van der Waals surface area contributed by atoms with E-state index in [4.69, 9.17) is 0 Å². The fourth-order valence-corrected chi connectivity index (χ4v) is 3.18. The molecule has 0 amide bonds. The zero-order valence-corrected chi connectivity index (χ0v) is 7.04. The van der Waals surface area contributed by atoms with Gasteiger partial charge in [0.15, 0.2) is 0 Å². The van der Waals surface area contributed by atoms with Crippen LogP contribution in [0, 0.1) is 0 Å². The molecule has 0 saturated heterocycles. The van der Waals surface area contributed by atoms with E-state index in [0.717, 1.165) is 0 Å². The van der Waals surface area contributed by atoms with Gasteiger partial charge in [0.2, 0.25) is 0 Å². The van der Waals surface area contributed by atoms with Gasteiger partial charge in [0.1, 0.15) is 0 Å².